The third-order valence-corrected chi connectivity index (χ3v) is 4.40. The lowest BCUT2D eigenvalue weighted by molar-refractivity contribution is -0.131. The van der Waals surface area contributed by atoms with Crippen LogP contribution >= 0.6 is 23.5 Å². The van der Waals surface area contributed by atoms with Crippen LogP contribution in [0.5, 0.6) is 5.75 Å². The second kappa shape index (κ2) is 9.40. The van der Waals surface area contributed by atoms with Gasteiger partial charge in [-0.1, -0.05) is 28.6 Å². The van der Waals surface area contributed by atoms with Gasteiger partial charge in [-0.2, -0.15) is 0 Å². The number of halogens is 1. The van der Waals surface area contributed by atoms with Crippen LogP contribution in [0.1, 0.15) is 27.6 Å². The predicted molar refractivity (Wildman–Crippen MR) is 102 cm³/mol. The average molecular weight is 409 g/mol. The molecule has 2 rings (SSSR count). The van der Waals surface area contributed by atoms with Crippen molar-refractivity contribution in [3.05, 3.63) is 58.6 Å². The quantitative estimate of drug-likeness (QED) is 0.339. The molecule has 0 spiro atoms. The van der Waals surface area contributed by atoms with Crippen molar-refractivity contribution in [1.29, 1.82) is 0 Å². The van der Waals surface area contributed by atoms with Crippen molar-refractivity contribution in [3.8, 4) is 5.75 Å². The van der Waals surface area contributed by atoms with Gasteiger partial charge in [0.25, 0.3) is 5.91 Å². The number of esters is 1. The van der Waals surface area contributed by atoms with E-state index in [0.29, 0.717) is 15.5 Å². The van der Waals surface area contributed by atoms with Gasteiger partial charge in [0.15, 0.2) is 0 Å². The summed E-state index contributed by atoms with van der Waals surface area (Å²) in [6.45, 7) is 1.24. The summed E-state index contributed by atoms with van der Waals surface area (Å²) in [7, 11) is 3.29. The Labute approximate surface area is 165 Å². The number of amides is 1. The van der Waals surface area contributed by atoms with Gasteiger partial charge in [-0.05, 0) is 42.3 Å². The number of hydrogen-bond donors (Lipinski definition) is 1. The molecule has 2 aromatic carbocycles. The van der Waals surface area contributed by atoms with Crippen LogP contribution < -0.4 is 9.62 Å². The molecule has 1 N–H and O–H groups in total. The Bertz CT molecular complexity index is 873. The fraction of sp³-hybridized carbons (Fsp3) is 0.167. The van der Waals surface area contributed by atoms with Crippen molar-refractivity contribution in [2.24, 2.45) is 0 Å². The zero-order valence-corrected chi connectivity index (χ0v) is 16.4. The van der Waals surface area contributed by atoms with E-state index in [2.05, 4.69) is 4.89 Å². The highest BCUT2D eigenvalue weighted by Crippen LogP contribution is 2.27. The standard InChI is InChI=1S/C18H17ClN2O5S/c1-11(22)25-15-7-5-4-6-13(15)18(24)26-20-27-16-10-12(8-9-14(16)19)17(23)21(2)3/h4-10,20H,1-3H3. The van der Waals surface area contributed by atoms with E-state index < -0.39 is 11.9 Å². The van der Waals surface area contributed by atoms with Crippen LogP contribution in [0.3, 0.4) is 0 Å². The first kappa shape index (κ1) is 20.8. The number of ether oxygens (including phenoxy) is 1. The summed E-state index contributed by atoms with van der Waals surface area (Å²) in [6, 6.07) is 11.0. The highest BCUT2D eigenvalue weighted by Gasteiger charge is 2.16. The number of para-hydroxylation sites is 1. The number of hydrogen-bond acceptors (Lipinski definition) is 7. The van der Waals surface area contributed by atoms with Gasteiger partial charge < -0.3 is 14.5 Å². The Kier molecular flexibility index (Phi) is 7.23. The van der Waals surface area contributed by atoms with Crippen molar-refractivity contribution in [2.45, 2.75) is 11.8 Å². The molecule has 0 fully saturated rings. The molecule has 0 unspecified atom stereocenters. The van der Waals surface area contributed by atoms with E-state index in [1.54, 1.807) is 44.4 Å². The molecule has 27 heavy (non-hydrogen) atoms. The predicted octanol–water partition coefficient (Wildman–Crippen LogP) is 3.34. The normalized spacial score (nSPS) is 10.2. The van der Waals surface area contributed by atoms with Crippen LogP contribution in [0, 0.1) is 0 Å². The first-order chi connectivity index (χ1) is 12.8. The Morgan fingerprint density at radius 2 is 1.81 bits per heavy atom. The highest BCUT2D eigenvalue weighted by molar-refractivity contribution is 7.97. The Morgan fingerprint density at radius 3 is 2.48 bits per heavy atom. The minimum atomic E-state index is -0.740. The van der Waals surface area contributed by atoms with Gasteiger partial charge in [0.05, 0.1) is 5.02 Å². The summed E-state index contributed by atoms with van der Waals surface area (Å²) in [5.41, 5.74) is 0.531. The van der Waals surface area contributed by atoms with Crippen LogP contribution in [0.25, 0.3) is 0 Å². The second-order valence-corrected chi connectivity index (χ2v) is 6.73. The number of nitrogens with one attached hydrogen (secondary N) is 1. The summed E-state index contributed by atoms with van der Waals surface area (Å²) >= 11 is 7.04. The van der Waals surface area contributed by atoms with Gasteiger partial charge >= 0.3 is 11.9 Å². The van der Waals surface area contributed by atoms with E-state index in [4.69, 9.17) is 21.2 Å². The van der Waals surface area contributed by atoms with Gasteiger partial charge in [-0.25, -0.2) is 4.79 Å². The van der Waals surface area contributed by atoms with Crippen LogP contribution in [0.2, 0.25) is 5.02 Å². The minimum absolute atomic E-state index is 0.0865. The van der Waals surface area contributed by atoms with Crippen LogP contribution in [-0.4, -0.2) is 36.8 Å². The summed E-state index contributed by atoms with van der Waals surface area (Å²) in [6.07, 6.45) is 0. The molecule has 0 radical (unpaired) electrons. The topological polar surface area (TPSA) is 84.9 Å². The smallest absolute Gasteiger partial charge is 0.361 e. The first-order valence-corrected chi connectivity index (χ1v) is 8.90. The summed E-state index contributed by atoms with van der Waals surface area (Å²) in [4.78, 5) is 44.7. The van der Waals surface area contributed by atoms with Crippen molar-refractivity contribution in [1.82, 2.24) is 9.79 Å². The van der Waals surface area contributed by atoms with Gasteiger partial charge in [0.2, 0.25) is 0 Å². The molecule has 9 heteroatoms. The van der Waals surface area contributed by atoms with E-state index in [0.717, 1.165) is 11.9 Å². The molecule has 0 heterocycles. The first-order valence-electron chi connectivity index (χ1n) is 7.71. The van der Waals surface area contributed by atoms with Crippen LogP contribution in [0.4, 0.5) is 0 Å². The number of benzene rings is 2. The summed E-state index contributed by atoms with van der Waals surface area (Å²) in [5, 5.41) is 0.388. The zero-order valence-electron chi connectivity index (χ0n) is 14.8. The maximum Gasteiger partial charge on any atom is 0.361 e. The van der Waals surface area contributed by atoms with E-state index in [1.165, 1.54) is 24.0 Å². The molecule has 0 aliphatic carbocycles. The van der Waals surface area contributed by atoms with Crippen molar-refractivity contribution in [2.75, 3.05) is 14.1 Å². The molecular formula is C18H17ClN2O5S. The lowest BCUT2D eigenvalue weighted by atomic mass is 10.2. The molecule has 142 valence electrons. The maximum atomic E-state index is 12.2. The molecule has 0 aliphatic heterocycles. The molecule has 0 saturated carbocycles. The fourth-order valence-corrected chi connectivity index (χ4v) is 2.80. The second-order valence-electron chi connectivity index (χ2n) is 5.51. The molecule has 0 aliphatic rings. The monoisotopic (exact) mass is 408 g/mol. The molecule has 1 amide bonds. The zero-order chi connectivity index (χ0) is 20.0. The summed E-state index contributed by atoms with van der Waals surface area (Å²) in [5.74, 6) is -1.37. The van der Waals surface area contributed by atoms with Gasteiger partial charge in [-0.15, -0.1) is 0 Å². The van der Waals surface area contributed by atoms with Gasteiger partial charge in [0, 0.05) is 31.5 Å². The SMILES string of the molecule is CC(=O)Oc1ccccc1C(=O)ONSc1cc(C(=O)N(C)C)ccc1Cl. The Morgan fingerprint density at radius 1 is 1.11 bits per heavy atom. The van der Waals surface area contributed by atoms with E-state index in [-0.39, 0.29) is 17.2 Å². The molecule has 0 atom stereocenters. The molecular weight excluding hydrogens is 392 g/mol. The van der Waals surface area contributed by atoms with Crippen molar-refractivity contribution in [3.63, 3.8) is 0 Å². The molecule has 2 aromatic rings. The lowest BCUT2D eigenvalue weighted by Crippen LogP contribution is -2.21. The van der Waals surface area contributed by atoms with Crippen LogP contribution in [-0.2, 0) is 9.63 Å². The molecule has 0 saturated heterocycles. The van der Waals surface area contributed by atoms with Crippen molar-refractivity contribution >= 4 is 41.4 Å². The number of carbonyl (C=O) groups excluding carboxylic acids is 3. The Hall–Kier alpha value is -2.55. The van der Waals surface area contributed by atoms with E-state index >= 15 is 0 Å². The lowest BCUT2D eigenvalue weighted by Gasteiger charge is -2.12. The Balaban J connectivity index is 2.04. The third kappa shape index (κ3) is 5.72. The van der Waals surface area contributed by atoms with E-state index in [1.807, 2.05) is 0 Å². The number of nitrogens with zero attached hydrogens (tertiary/aromatic N) is 1. The maximum absolute atomic E-state index is 12.2. The molecule has 0 aromatic heterocycles. The third-order valence-electron chi connectivity index (χ3n) is 3.23. The van der Waals surface area contributed by atoms with Gasteiger partial charge in [-0.3, -0.25) is 9.59 Å². The largest absolute Gasteiger partial charge is 0.426 e. The average Bonchev–Trinajstić information content (AvgIpc) is 2.62. The number of carbonyl (C=O) groups is 3. The van der Waals surface area contributed by atoms with Crippen molar-refractivity contribution < 1.29 is 24.0 Å². The molecule has 7 nitrogen and oxygen atoms in total. The van der Waals surface area contributed by atoms with Gasteiger partial charge in [0.1, 0.15) is 11.3 Å². The number of rotatable bonds is 6. The highest BCUT2D eigenvalue weighted by atomic mass is 35.5. The van der Waals surface area contributed by atoms with E-state index in [9.17, 15) is 14.4 Å². The fourth-order valence-electron chi connectivity index (χ4n) is 2.01. The van der Waals surface area contributed by atoms with Crippen LogP contribution in [0.15, 0.2) is 47.4 Å². The summed E-state index contributed by atoms with van der Waals surface area (Å²) < 4.78 is 4.98. The molecule has 0 bridgehead atoms. The minimum Gasteiger partial charge on any atom is -0.426 e.